The third kappa shape index (κ3) is 4.44. The van der Waals surface area contributed by atoms with E-state index in [1.54, 1.807) is 36.3 Å². The lowest BCUT2D eigenvalue weighted by atomic mass is 10.1. The van der Waals surface area contributed by atoms with Crippen molar-refractivity contribution in [1.82, 2.24) is 9.62 Å². The number of nitrogens with zero attached hydrogens (tertiary/aromatic N) is 1. The van der Waals surface area contributed by atoms with Crippen LogP contribution in [0.1, 0.15) is 23.2 Å². The van der Waals surface area contributed by atoms with E-state index in [1.807, 2.05) is 0 Å². The molecule has 0 bridgehead atoms. The summed E-state index contributed by atoms with van der Waals surface area (Å²) in [5, 5.41) is 0. The highest BCUT2D eigenvalue weighted by Crippen LogP contribution is 2.17. The number of ether oxygens (including phenoxy) is 1. The van der Waals surface area contributed by atoms with Gasteiger partial charge in [-0.1, -0.05) is 0 Å². The summed E-state index contributed by atoms with van der Waals surface area (Å²) in [7, 11) is -1.68. The van der Waals surface area contributed by atoms with Crippen molar-refractivity contribution in [1.29, 1.82) is 0 Å². The van der Waals surface area contributed by atoms with Crippen LogP contribution in [0.4, 0.5) is 0 Å². The van der Waals surface area contributed by atoms with Crippen molar-refractivity contribution < 1.29 is 17.9 Å². The standard InChI is InChI=1S/C14H20N2O4S/c1-20-13-7-5-11(6-8-13)14(17)16-9-3-4-12(10-16)15-21(2,18)19/h5-8,12,15H,3-4,9-10H2,1-2H3/t12-/m1/s1. The van der Waals surface area contributed by atoms with Gasteiger partial charge in [0.25, 0.3) is 5.91 Å². The highest BCUT2D eigenvalue weighted by Gasteiger charge is 2.26. The lowest BCUT2D eigenvalue weighted by molar-refractivity contribution is 0.0703. The molecule has 0 aromatic heterocycles. The molecule has 0 aliphatic carbocycles. The van der Waals surface area contributed by atoms with Gasteiger partial charge < -0.3 is 9.64 Å². The van der Waals surface area contributed by atoms with E-state index in [0.717, 1.165) is 19.1 Å². The molecule has 1 fully saturated rings. The Morgan fingerprint density at radius 2 is 2.00 bits per heavy atom. The number of likely N-dealkylation sites (tertiary alicyclic amines) is 1. The minimum atomic E-state index is -3.25. The zero-order valence-corrected chi connectivity index (χ0v) is 13.0. The Labute approximate surface area is 125 Å². The predicted octanol–water partition coefficient (Wildman–Crippen LogP) is 0.849. The minimum Gasteiger partial charge on any atom is -0.497 e. The summed E-state index contributed by atoms with van der Waals surface area (Å²) in [6.07, 6.45) is 2.67. The molecule has 2 rings (SSSR count). The molecule has 0 spiro atoms. The van der Waals surface area contributed by atoms with Crippen LogP contribution in [0.2, 0.25) is 0 Å². The number of sulfonamides is 1. The van der Waals surface area contributed by atoms with E-state index in [-0.39, 0.29) is 11.9 Å². The average Bonchev–Trinajstić information content (AvgIpc) is 2.45. The molecule has 0 radical (unpaired) electrons. The lowest BCUT2D eigenvalue weighted by Crippen LogP contribution is -2.49. The van der Waals surface area contributed by atoms with Gasteiger partial charge in [-0.05, 0) is 37.1 Å². The summed E-state index contributed by atoms with van der Waals surface area (Å²) in [5.41, 5.74) is 0.579. The Morgan fingerprint density at radius 3 is 2.57 bits per heavy atom. The lowest BCUT2D eigenvalue weighted by Gasteiger charge is -2.32. The largest absolute Gasteiger partial charge is 0.497 e. The molecule has 21 heavy (non-hydrogen) atoms. The van der Waals surface area contributed by atoms with Crippen LogP contribution in [0, 0.1) is 0 Å². The number of amides is 1. The van der Waals surface area contributed by atoms with Crippen molar-refractivity contribution in [2.24, 2.45) is 0 Å². The highest BCUT2D eigenvalue weighted by molar-refractivity contribution is 7.88. The number of hydrogen-bond donors (Lipinski definition) is 1. The van der Waals surface area contributed by atoms with Gasteiger partial charge in [0.2, 0.25) is 10.0 Å². The average molecular weight is 312 g/mol. The maximum Gasteiger partial charge on any atom is 0.253 e. The molecule has 0 unspecified atom stereocenters. The molecule has 1 amide bonds. The summed E-state index contributed by atoms with van der Waals surface area (Å²) in [5.74, 6) is 0.611. The maximum atomic E-state index is 12.4. The van der Waals surface area contributed by atoms with Crippen LogP contribution in [-0.2, 0) is 10.0 Å². The maximum absolute atomic E-state index is 12.4. The number of carbonyl (C=O) groups is 1. The number of methoxy groups -OCH3 is 1. The normalized spacial score (nSPS) is 19.3. The number of benzene rings is 1. The molecule has 116 valence electrons. The van der Waals surface area contributed by atoms with E-state index < -0.39 is 10.0 Å². The summed E-state index contributed by atoms with van der Waals surface area (Å²) in [4.78, 5) is 14.1. The fourth-order valence-electron chi connectivity index (χ4n) is 2.48. The molecular weight excluding hydrogens is 292 g/mol. The third-order valence-corrected chi connectivity index (χ3v) is 4.19. The first-order valence-electron chi connectivity index (χ1n) is 6.79. The van der Waals surface area contributed by atoms with Gasteiger partial charge >= 0.3 is 0 Å². The molecule has 0 saturated carbocycles. The van der Waals surface area contributed by atoms with Crippen LogP contribution in [-0.4, -0.2) is 51.7 Å². The Hall–Kier alpha value is -1.60. The Bertz CT molecular complexity index is 598. The number of hydrogen-bond acceptors (Lipinski definition) is 4. The molecule has 1 aliphatic heterocycles. The summed E-state index contributed by atoms with van der Waals surface area (Å²) < 4.78 is 30.2. The molecule has 1 aromatic carbocycles. The van der Waals surface area contributed by atoms with Gasteiger partial charge in [0.1, 0.15) is 5.75 Å². The van der Waals surface area contributed by atoms with Gasteiger partial charge in [0, 0.05) is 24.7 Å². The van der Waals surface area contributed by atoms with Gasteiger partial charge in [0.05, 0.1) is 13.4 Å². The first kappa shape index (κ1) is 15.8. The number of rotatable bonds is 4. The van der Waals surface area contributed by atoms with Crippen LogP contribution < -0.4 is 9.46 Å². The highest BCUT2D eigenvalue weighted by atomic mass is 32.2. The molecule has 1 atom stereocenters. The van der Waals surface area contributed by atoms with Crippen LogP contribution in [0.15, 0.2) is 24.3 Å². The van der Waals surface area contributed by atoms with E-state index in [2.05, 4.69) is 4.72 Å². The molecule has 1 saturated heterocycles. The molecular formula is C14H20N2O4S. The van der Waals surface area contributed by atoms with Gasteiger partial charge in [0.15, 0.2) is 0 Å². The molecule has 1 N–H and O–H groups in total. The number of nitrogens with one attached hydrogen (secondary N) is 1. The van der Waals surface area contributed by atoms with Gasteiger partial charge in [-0.25, -0.2) is 13.1 Å². The van der Waals surface area contributed by atoms with Gasteiger partial charge in [-0.3, -0.25) is 4.79 Å². The molecule has 1 aromatic rings. The summed E-state index contributed by atoms with van der Waals surface area (Å²) in [6.45, 7) is 1.05. The Morgan fingerprint density at radius 1 is 1.33 bits per heavy atom. The molecule has 1 heterocycles. The van der Waals surface area contributed by atoms with Gasteiger partial charge in [-0.2, -0.15) is 0 Å². The first-order chi connectivity index (χ1) is 9.89. The fraction of sp³-hybridized carbons (Fsp3) is 0.500. The Balaban J connectivity index is 2.04. The van der Waals surface area contributed by atoms with Crippen LogP contribution in [0.3, 0.4) is 0 Å². The second-order valence-corrected chi connectivity index (χ2v) is 6.99. The zero-order valence-electron chi connectivity index (χ0n) is 12.2. The van der Waals surface area contributed by atoms with Crippen molar-refractivity contribution in [2.75, 3.05) is 26.5 Å². The quantitative estimate of drug-likeness (QED) is 0.894. The minimum absolute atomic E-state index is 0.0855. The second kappa shape index (κ2) is 6.44. The molecule has 1 aliphatic rings. The fourth-order valence-corrected chi connectivity index (χ4v) is 3.27. The molecule has 7 heteroatoms. The van der Waals surface area contributed by atoms with Crippen LogP contribution in [0.5, 0.6) is 5.75 Å². The van der Waals surface area contributed by atoms with E-state index in [0.29, 0.717) is 24.4 Å². The number of piperidine rings is 1. The van der Waals surface area contributed by atoms with E-state index in [4.69, 9.17) is 4.74 Å². The SMILES string of the molecule is COc1ccc(C(=O)N2CCC[C@@H](NS(C)(=O)=O)C2)cc1. The van der Waals surface area contributed by atoms with Crippen molar-refractivity contribution in [3.63, 3.8) is 0 Å². The summed E-state index contributed by atoms with van der Waals surface area (Å²) in [6, 6.07) is 6.70. The van der Waals surface area contributed by atoms with Crippen molar-refractivity contribution in [3.05, 3.63) is 29.8 Å². The van der Waals surface area contributed by atoms with E-state index in [1.165, 1.54) is 0 Å². The monoisotopic (exact) mass is 312 g/mol. The van der Waals surface area contributed by atoms with Crippen molar-refractivity contribution in [2.45, 2.75) is 18.9 Å². The van der Waals surface area contributed by atoms with Crippen LogP contribution in [0.25, 0.3) is 0 Å². The number of carbonyl (C=O) groups excluding carboxylic acids is 1. The smallest absolute Gasteiger partial charge is 0.253 e. The van der Waals surface area contributed by atoms with E-state index >= 15 is 0 Å². The predicted molar refractivity (Wildman–Crippen MR) is 79.9 cm³/mol. The topological polar surface area (TPSA) is 75.7 Å². The first-order valence-corrected chi connectivity index (χ1v) is 8.69. The van der Waals surface area contributed by atoms with Crippen molar-refractivity contribution in [3.8, 4) is 5.75 Å². The van der Waals surface area contributed by atoms with Crippen LogP contribution >= 0.6 is 0 Å². The Kier molecular flexibility index (Phi) is 4.84. The second-order valence-electron chi connectivity index (χ2n) is 5.21. The molecule has 6 nitrogen and oxygen atoms in total. The third-order valence-electron chi connectivity index (χ3n) is 3.43. The van der Waals surface area contributed by atoms with E-state index in [9.17, 15) is 13.2 Å². The zero-order chi connectivity index (χ0) is 15.5. The van der Waals surface area contributed by atoms with Gasteiger partial charge in [-0.15, -0.1) is 0 Å². The summed E-state index contributed by atoms with van der Waals surface area (Å²) >= 11 is 0. The van der Waals surface area contributed by atoms with Crippen molar-refractivity contribution >= 4 is 15.9 Å².